The van der Waals surface area contributed by atoms with Crippen molar-refractivity contribution in [2.24, 2.45) is 0 Å². The van der Waals surface area contributed by atoms with E-state index in [2.05, 4.69) is 82.8 Å². The minimum atomic E-state index is -0.765. The molecule has 3 heterocycles. The molecule has 0 bridgehead atoms. The molecule has 0 radical (unpaired) electrons. The molecule has 3 aromatic carbocycles. The van der Waals surface area contributed by atoms with E-state index in [9.17, 15) is 19.2 Å². The molecule has 0 spiro atoms. The number of unbranched alkanes of at least 4 members (excludes halogenated alkanes) is 1. The highest BCUT2D eigenvalue weighted by Gasteiger charge is 2.34. The molecule has 5 N–H and O–H groups in total. The van der Waals surface area contributed by atoms with Crippen molar-refractivity contribution >= 4 is 45.8 Å². The van der Waals surface area contributed by atoms with Crippen LogP contribution in [-0.2, 0) is 30.2 Å². The van der Waals surface area contributed by atoms with Gasteiger partial charge in [0.1, 0.15) is 29.8 Å². The predicted octanol–water partition coefficient (Wildman–Crippen LogP) is 4.60. The Balaban J connectivity index is 1.08. The Morgan fingerprint density at radius 1 is 0.887 bits per heavy atom. The highest BCUT2D eigenvalue weighted by Crippen LogP contribution is 2.31. The Kier molecular flexibility index (Phi) is 11.5. The van der Waals surface area contributed by atoms with Crippen LogP contribution in [0.15, 0.2) is 60.8 Å². The van der Waals surface area contributed by atoms with Gasteiger partial charge in [-0.2, -0.15) is 0 Å². The van der Waals surface area contributed by atoms with Crippen LogP contribution in [0, 0.1) is 0 Å². The summed E-state index contributed by atoms with van der Waals surface area (Å²) >= 11 is 0. The van der Waals surface area contributed by atoms with Crippen molar-refractivity contribution in [3.63, 3.8) is 0 Å². The van der Waals surface area contributed by atoms with E-state index in [-0.39, 0.29) is 18.4 Å². The number of nitrogens with zero attached hydrogens (tertiary/aromatic N) is 3. The quantitative estimate of drug-likeness (QED) is 0.114. The smallest absolute Gasteiger partial charge is 0.407 e. The number of amides is 4. The van der Waals surface area contributed by atoms with Crippen molar-refractivity contribution < 1.29 is 33.4 Å². The third-order valence-corrected chi connectivity index (χ3v) is 9.28. The van der Waals surface area contributed by atoms with Gasteiger partial charge in [-0.15, -0.1) is 0 Å². The van der Waals surface area contributed by atoms with Crippen molar-refractivity contribution in [1.82, 2.24) is 40.8 Å². The molecular weight excluding hydrogens is 680 g/mol. The summed E-state index contributed by atoms with van der Waals surface area (Å²) in [5.74, 6) is 0.994. The van der Waals surface area contributed by atoms with E-state index < -0.39 is 30.3 Å². The van der Waals surface area contributed by atoms with Crippen LogP contribution in [0.5, 0.6) is 0 Å². The zero-order valence-electron chi connectivity index (χ0n) is 30.2. The second-order valence-corrected chi connectivity index (χ2v) is 13.0. The molecular formula is C38H44N8O7. The van der Waals surface area contributed by atoms with Gasteiger partial charge in [-0.25, -0.2) is 19.6 Å². The fourth-order valence-corrected chi connectivity index (χ4v) is 6.32. The number of ether oxygens (including phenoxy) is 3. The largest absolute Gasteiger partial charge is 0.453 e. The second-order valence-electron chi connectivity index (χ2n) is 13.0. The molecule has 5 aromatic rings. The van der Waals surface area contributed by atoms with Gasteiger partial charge >= 0.3 is 12.2 Å². The highest BCUT2D eigenvalue weighted by atomic mass is 16.5. The summed E-state index contributed by atoms with van der Waals surface area (Å²) in [6, 6.07) is 16.9. The normalized spacial score (nSPS) is 15.5. The number of alkyl carbamates (subject to hydrolysis) is 2. The number of imidazole rings is 2. The average Bonchev–Trinajstić information content (AvgIpc) is 3.84. The number of aromatic nitrogens is 4. The second kappa shape index (κ2) is 16.6. The van der Waals surface area contributed by atoms with Crippen molar-refractivity contribution in [1.29, 1.82) is 0 Å². The molecule has 6 rings (SSSR count). The first-order valence-electron chi connectivity index (χ1n) is 17.6. The molecule has 3 atom stereocenters. The molecule has 1 fully saturated rings. The van der Waals surface area contributed by atoms with Crippen LogP contribution in [0.4, 0.5) is 9.59 Å². The first-order valence-corrected chi connectivity index (χ1v) is 17.6. The number of H-pyrrole nitrogens is 2. The van der Waals surface area contributed by atoms with Gasteiger partial charge < -0.3 is 45.0 Å². The number of hydrogen-bond donors (Lipinski definition) is 5. The zero-order chi connectivity index (χ0) is 37.5. The van der Waals surface area contributed by atoms with Crippen molar-refractivity contribution in [2.75, 3.05) is 40.5 Å². The van der Waals surface area contributed by atoms with Gasteiger partial charge in [0.05, 0.1) is 50.4 Å². The van der Waals surface area contributed by atoms with Crippen molar-refractivity contribution in [2.45, 2.75) is 51.2 Å². The number of carbonyl (C=O) groups excluding carboxylic acids is 4. The molecule has 1 saturated heterocycles. The fourth-order valence-electron chi connectivity index (χ4n) is 6.32. The lowest BCUT2D eigenvalue weighted by Gasteiger charge is -2.36. The van der Waals surface area contributed by atoms with Crippen molar-refractivity contribution in [3.8, 4) is 22.4 Å². The molecule has 15 heteroatoms. The predicted molar refractivity (Wildman–Crippen MR) is 198 cm³/mol. The summed E-state index contributed by atoms with van der Waals surface area (Å²) < 4.78 is 14.9. The van der Waals surface area contributed by atoms with E-state index >= 15 is 0 Å². The van der Waals surface area contributed by atoms with Crippen LogP contribution < -0.4 is 16.0 Å². The number of rotatable bonds is 12. The van der Waals surface area contributed by atoms with Crippen LogP contribution in [0.1, 0.15) is 44.4 Å². The lowest BCUT2D eigenvalue weighted by Crippen LogP contribution is -2.52. The summed E-state index contributed by atoms with van der Waals surface area (Å²) in [6.07, 6.45) is 2.88. The molecule has 1 aliphatic heterocycles. The SMILES string of the molecule is COC(=O)NC(C)C(=O)N1CCOCC1c1nc2ccc(-c3ccc4cc(-c5cnc(CCCCNC(=O)[C@H](C)NC(=O)OC)[nH]5)ccc4c3)cc2[nH]1. The zero-order valence-corrected chi connectivity index (χ0v) is 30.2. The van der Waals surface area contributed by atoms with Crippen molar-refractivity contribution in [3.05, 3.63) is 72.4 Å². The molecule has 2 aromatic heterocycles. The van der Waals surface area contributed by atoms with Gasteiger partial charge in [0, 0.05) is 25.1 Å². The summed E-state index contributed by atoms with van der Waals surface area (Å²) in [7, 11) is 2.51. The van der Waals surface area contributed by atoms with E-state index in [1.54, 1.807) is 18.7 Å². The molecule has 0 saturated carbocycles. The molecule has 15 nitrogen and oxygen atoms in total. The van der Waals surface area contributed by atoms with Gasteiger partial charge in [0.2, 0.25) is 11.8 Å². The van der Waals surface area contributed by atoms with Gasteiger partial charge in [-0.1, -0.05) is 30.3 Å². The minimum Gasteiger partial charge on any atom is -0.453 e. The Hall–Kier alpha value is -5.96. The maximum atomic E-state index is 13.2. The lowest BCUT2D eigenvalue weighted by atomic mass is 9.99. The molecule has 53 heavy (non-hydrogen) atoms. The number of aryl methyl sites for hydroxylation is 1. The Morgan fingerprint density at radius 3 is 2.32 bits per heavy atom. The monoisotopic (exact) mass is 724 g/mol. The summed E-state index contributed by atoms with van der Waals surface area (Å²) in [6.45, 7) is 4.79. The fraction of sp³-hybridized carbons (Fsp3) is 0.368. The van der Waals surface area contributed by atoms with Gasteiger partial charge in [-0.05, 0) is 72.9 Å². The van der Waals surface area contributed by atoms with E-state index in [0.29, 0.717) is 25.5 Å². The summed E-state index contributed by atoms with van der Waals surface area (Å²) in [5.41, 5.74) is 5.66. The number of methoxy groups -OCH3 is 2. The molecule has 278 valence electrons. The number of fused-ring (bicyclic) bond motifs is 2. The third kappa shape index (κ3) is 8.75. The van der Waals surface area contributed by atoms with Gasteiger partial charge in [-0.3, -0.25) is 9.59 Å². The maximum Gasteiger partial charge on any atom is 0.407 e. The van der Waals surface area contributed by atoms with E-state index in [4.69, 9.17) is 9.72 Å². The standard InChI is InChI=1S/C38H44N8O7/c1-22(41-37(49)51-3)35(47)39-14-6-5-7-33-40-20-31(43-33)28-11-10-24-17-25(8-9-26(24)18-28)27-12-13-29-30(19-27)45-34(44-29)32-21-53-16-15-46(32)36(48)23(2)42-38(50)52-4/h8-13,17-20,22-23,32H,5-7,14-16,21H2,1-4H3,(H,39,47)(H,40,43)(H,41,49)(H,42,50)(H,44,45)/t22-,23?,32?/m0/s1. The average molecular weight is 725 g/mol. The molecule has 1 aliphatic rings. The third-order valence-electron chi connectivity index (χ3n) is 9.28. The van der Waals surface area contributed by atoms with Gasteiger partial charge in [0.25, 0.3) is 0 Å². The van der Waals surface area contributed by atoms with E-state index in [1.807, 2.05) is 18.3 Å². The van der Waals surface area contributed by atoms with Crippen LogP contribution >= 0.6 is 0 Å². The molecule has 0 aliphatic carbocycles. The number of carbonyl (C=O) groups is 4. The van der Waals surface area contributed by atoms with Gasteiger partial charge in [0.15, 0.2) is 0 Å². The Morgan fingerprint density at radius 2 is 1.57 bits per heavy atom. The first-order chi connectivity index (χ1) is 25.6. The lowest BCUT2D eigenvalue weighted by molar-refractivity contribution is -0.142. The maximum absolute atomic E-state index is 13.2. The van der Waals surface area contributed by atoms with E-state index in [1.165, 1.54) is 14.2 Å². The topological polar surface area (TPSA) is 193 Å². The van der Waals surface area contributed by atoms with E-state index in [0.717, 1.165) is 69.3 Å². The van der Waals surface area contributed by atoms with Crippen LogP contribution in [0.25, 0.3) is 44.2 Å². The highest BCUT2D eigenvalue weighted by molar-refractivity contribution is 5.92. The minimum absolute atomic E-state index is 0.240. The molecule has 2 unspecified atom stereocenters. The summed E-state index contributed by atoms with van der Waals surface area (Å²) in [5, 5.41) is 10.0. The number of benzene rings is 3. The number of aromatic amines is 2. The Labute approximate surface area is 306 Å². The Bertz CT molecular complexity index is 2110. The first kappa shape index (κ1) is 36.8. The number of hydrogen-bond acceptors (Lipinski definition) is 9. The van der Waals surface area contributed by atoms with Crippen LogP contribution in [0.2, 0.25) is 0 Å². The van der Waals surface area contributed by atoms with Crippen LogP contribution in [0.3, 0.4) is 0 Å². The molecule has 4 amide bonds. The number of morpholine rings is 1. The number of nitrogens with one attached hydrogen (secondary N) is 5. The van der Waals surface area contributed by atoms with Crippen LogP contribution in [-0.4, -0.2) is 101 Å². The summed E-state index contributed by atoms with van der Waals surface area (Å²) in [4.78, 5) is 66.2.